The number of hydrogen-bond acceptors (Lipinski definition) is 3. The Morgan fingerprint density at radius 1 is 0.950 bits per heavy atom. The third-order valence-electron chi connectivity index (χ3n) is 3.20. The number of hydrogen-bond donors (Lipinski definition) is 1. The second-order valence-electron chi connectivity index (χ2n) is 4.46. The Labute approximate surface area is 123 Å². The molecule has 0 bridgehead atoms. The molecule has 3 nitrogen and oxygen atoms in total. The van der Waals surface area contributed by atoms with Crippen molar-refractivity contribution >= 4 is 39.1 Å². The average molecular weight is 329 g/mol. The van der Waals surface area contributed by atoms with Gasteiger partial charge in [-0.2, -0.15) is 0 Å². The molecule has 0 amide bonds. The van der Waals surface area contributed by atoms with Gasteiger partial charge in [0.15, 0.2) is 0 Å². The molecule has 98 valence electrons. The number of carbonyl (C=O) groups is 2. The van der Waals surface area contributed by atoms with Gasteiger partial charge >= 0.3 is 0 Å². The molecule has 0 saturated carbocycles. The predicted molar refractivity (Wildman–Crippen MR) is 79.5 cm³/mol. The quantitative estimate of drug-likeness (QED) is 0.644. The molecule has 1 aliphatic rings. The van der Waals surface area contributed by atoms with E-state index in [0.29, 0.717) is 22.3 Å². The predicted octanol–water partition coefficient (Wildman–Crippen LogP) is 3.46. The summed E-state index contributed by atoms with van der Waals surface area (Å²) in [6, 6.07) is 11.8. The Hall–Kier alpha value is -2.20. The second-order valence-corrected chi connectivity index (χ2v) is 5.38. The molecule has 0 fully saturated rings. The Morgan fingerprint density at radius 2 is 1.65 bits per heavy atom. The Balaban J connectivity index is 2.20. The number of phenolic OH excluding ortho intramolecular Hbond substituents is 1. The van der Waals surface area contributed by atoms with Crippen LogP contribution in [0.15, 0.2) is 46.9 Å². The van der Waals surface area contributed by atoms with Crippen LogP contribution in [0.5, 0.6) is 5.75 Å². The maximum atomic E-state index is 12.1. The zero-order valence-corrected chi connectivity index (χ0v) is 11.8. The normalized spacial score (nSPS) is 15.8. The molecule has 4 heteroatoms. The highest BCUT2D eigenvalue weighted by Gasteiger charge is 2.32. The van der Waals surface area contributed by atoms with Crippen LogP contribution >= 0.6 is 15.9 Å². The highest BCUT2D eigenvalue weighted by molar-refractivity contribution is 9.10. The summed E-state index contributed by atoms with van der Waals surface area (Å²) in [5, 5.41) is 9.83. The van der Waals surface area contributed by atoms with Crippen molar-refractivity contribution in [2.75, 3.05) is 0 Å². The van der Waals surface area contributed by atoms with Crippen molar-refractivity contribution in [1.29, 1.82) is 0 Å². The minimum Gasteiger partial charge on any atom is -0.507 e. The van der Waals surface area contributed by atoms with Gasteiger partial charge in [0.1, 0.15) is 5.75 Å². The van der Waals surface area contributed by atoms with Gasteiger partial charge in [-0.05, 0) is 29.8 Å². The van der Waals surface area contributed by atoms with Crippen LogP contribution in [0.3, 0.4) is 0 Å². The first-order chi connectivity index (χ1) is 9.58. The van der Waals surface area contributed by atoms with E-state index in [9.17, 15) is 14.7 Å². The maximum Gasteiger partial charge on any atom is 0.234 e. The number of benzene rings is 2. The molecule has 0 aromatic heterocycles. The molecule has 0 unspecified atom stereocenters. The molecule has 0 radical (unpaired) electrons. The minimum absolute atomic E-state index is 0.0605. The molecular formula is C16H9BrO3. The summed E-state index contributed by atoms with van der Waals surface area (Å²) in [6.07, 6.45) is 1.55. The van der Waals surface area contributed by atoms with Crippen LogP contribution in [0.1, 0.15) is 21.5 Å². The molecule has 3 rings (SSSR count). The highest BCUT2D eigenvalue weighted by atomic mass is 79.9. The van der Waals surface area contributed by atoms with Crippen molar-refractivity contribution < 1.29 is 14.7 Å². The van der Waals surface area contributed by atoms with Crippen LogP contribution < -0.4 is 0 Å². The molecule has 2 aromatic carbocycles. The number of aromatic hydroxyl groups is 1. The summed E-state index contributed by atoms with van der Waals surface area (Å²) < 4.78 is 0.784. The van der Waals surface area contributed by atoms with Crippen LogP contribution in [0, 0.1) is 0 Å². The summed E-state index contributed by atoms with van der Waals surface area (Å²) in [4.78, 5) is 23.9. The van der Waals surface area contributed by atoms with Gasteiger partial charge in [0.2, 0.25) is 11.6 Å². The van der Waals surface area contributed by atoms with E-state index in [1.807, 2.05) is 0 Å². The van der Waals surface area contributed by atoms with Gasteiger partial charge in [0.05, 0.1) is 0 Å². The first-order valence-electron chi connectivity index (χ1n) is 5.96. The summed E-state index contributed by atoms with van der Waals surface area (Å²) in [7, 11) is 0. The first-order valence-corrected chi connectivity index (χ1v) is 6.76. The standard InChI is InChI=1S/C16H9BrO3/c17-10-5-6-14(18)9(7-10)8-13-11-3-1-2-4-12(11)15(19)16(13)20/h1-8,18H. The number of fused-ring (bicyclic) bond motifs is 1. The lowest BCUT2D eigenvalue weighted by atomic mass is 10.0. The molecule has 1 aliphatic carbocycles. The largest absolute Gasteiger partial charge is 0.507 e. The van der Waals surface area contributed by atoms with Crippen LogP contribution in [-0.2, 0) is 4.79 Å². The van der Waals surface area contributed by atoms with Gasteiger partial charge in [-0.1, -0.05) is 40.2 Å². The smallest absolute Gasteiger partial charge is 0.234 e. The van der Waals surface area contributed by atoms with Crippen molar-refractivity contribution in [3.05, 3.63) is 63.6 Å². The number of ketones is 2. The fourth-order valence-electron chi connectivity index (χ4n) is 2.22. The van der Waals surface area contributed by atoms with E-state index in [0.717, 1.165) is 4.47 Å². The van der Waals surface area contributed by atoms with E-state index in [-0.39, 0.29) is 5.75 Å². The van der Waals surface area contributed by atoms with Crippen molar-refractivity contribution in [3.8, 4) is 5.75 Å². The zero-order valence-electron chi connectivity index (χ0n) is 10.3. The zero-order chi connectivity index (χ0) is 14.3. The fourth-order valence-corrected chi connectivity index (χ4v) is 2.60. The van der Waals surface area contributed by atoms with Crippen molar-refractivity contribution in [2.24, 2.45) is 0 Å². The molecule has 0 saturated heterocycles. The molecule has 0 heterocycles. The topological polar surface area (TPSA) is 54.4 Å². The molecule has 0 atom stereocenters. The molecule has 0 aliphatic heterocycles. The lowest BCUT2D eigenvalue weighted by molar-refractivity contribution is -0.109. The Kier molecular flexibility index (Phi) is 3.03. The molecular weight excluding hydrogens is 320 g/mol. The summed E-state index contributed by atoms with van der Waals surface area (Å²) in [6.45, 7) is 0. The Bertz CT molecular complexity index is 775. The number of carbonyl (C=O) groups excluding carboxylic acids is 2. The van der Waals surface area contributed by atoms with Crippen molar-refractivity contribution in [1.82, 2.24) is 0 Å². The van der Waals surface area contributed by atoms with E-state index >= 15 is 0 Å². The number of allylic oxidation sites excluding steroid dienone is 1. The molecule has 2 aromatic rings. The van der Waals surface area contributed by atoms with Gasteiger partial charge in [-0.15, -0.1) is 0 Å². The van der Waals surface area contributed by atoms with E-state index < -0.39 is 11.6 Å². The van der Waals surface area contributed by atoms with Gasteiger partial charge in [-0.3, -0.25) is 9.59 Å². The second kappa shape index (κ2) is 4.72. The van der Waals surface area contributed by atoms with Crippen LogP contribution in [0.4, 0.5) is 0 Å². The SMILES string of the molecule is O=C1C(=O)c2ccccc2C1=Cc1cc(Br)ccc1O. The van der Waals surface area contributed by atoms with Crippen LogP contribution in [0.25, 0.3) is 11.6 Å². The number of rotatable bonds is 1. The third kappa shape index (κ3) is 1.98. The van der Waals surface area contributed by atoms with Gasteiger partial charge in [0, 0.05) is 21.2 Å². The maximum absolute atomic E-state index is 12.1. The van der Waals surface area contributed by atoms with E-state index in [1.165, 1.54) is 6.07 Å². The Morgan fingerprint density at radius 3 is 2.40 bits per heavy atom. The van der Waals surface area contributed by atoms with E-state index in [1.54, 1.807) is 42.5 Å². The third-order valence-corrected chi connectivity index (χ3v) is 3.70. The summed E-state index contributed by atoms with van der Waals surface area (Å²) in [5.74, 6) is -0.975. The van der Waals surface area contributed by atoms with Crippen LogP contribution in [0.2, 0.25) is 0 Å². The number of Topliss-reactive ketones (excluding diaryl/α,β-unsaturated/α-hetero) is 2. The average Bonchev–Trinajstić information content (AvgIpc) is 2.68. The summed E-state index contributed by atoms with van der Waals surface area (Å²) in [5.41, 5.74) is 1.84. The number of halogens is 1. The number of phenols is 1. The molecule has 0 spiro atoms. The lowest BCUT2D eigenvalue weighted by Crippen LogP contribution is -2.05. The van der Waals surface area contributed by atoms with E-state index in [4.69, 9.17) is 0 Å². The lowest BCUT2D eigenvalue weighted by Gasteiger charge is -2.02. The monoisotopic (exact) mass is 328 g/mol. The van der Waals surface area contributed by atoms with E-state index in [2.05, 4.69) is 15.9 Å². The van der Waals surface area contributed by atoms with Gasteiger partial charge < -0.3 is 5.11 Å². The highest BCUT2D eigenvalue weighted by Crippen LogP contribution is 2.33. The first kappa shape index (κ1) is 12.8. The minimum atomic E-state index is -0.537. The molecule has 1 N–H and O–H groups in total. The van der Waals surface area contributed by atoms with Crippen molar-refractivity contribution in [3.63, 3.8) is 0 Å². The summed E-state index contributed by atoms with van der Waals surface area (Å²) >= 11 is 3.31. The fraction of sp³-hybridized carbons (Fsp3) is 0. The van der Waals surface area contributed by atoms with Crippen LogP contribution in [-0.4, -0.2) is 16.7 Å². The van der Waals surface area contributed by atoms with Gasteiger partial charge in [0.25, 0.3) is 0 Å². The van der Waals surface area contributed by atoms with Crippen molar-refractivity contribution in [2.45, 2.75) is 0 Å². The molecule has 20 heavy (non-hydrogen) atoms. The van der Waals surface area contributed by atoms with Gasteiger partial charge in [-0.25, -0.2) is 0 Å².